The van der Waals surface area contributed by atoms with Gasteiger partial charge >= 0.3 is 0 Å². The Morgan fingerprint density at radius 1 is 0.667 bits per heavy atom. The van der Waals surface area contributed by atoms with Crippen molar-refractivity contribution in [2.75, 3.05) is 6.54 Å². The third kappa shape index (κ3) is 14.0. The molecule has 0 aliphatic carbocycles. The summed E-state index contributed by atoms with van der Waals surface area (Å²) < 4.78 is 0. The first-order valence-electron chi connectivity index (χ1n) is 8.27. The second kappa shape index (κ2) is 15.0. The molecule has 1 atom stereocenters. The lowest BCUT2D eigenvalue weighted by atomic mass is 10.0. The topological polar surface area (TPSA) is 52.0 Å². The van der Waals surface area contributed by atoms with E-state index in [0.717, 1.165) is 6.54 Å². The Bertz CT molecular complexity index is 148. The van der Waals surface area contributed by atoms with E-state index >= 15 is 0 Å². The largest absolute Gasteiger partial charge is 0.330 e. The van der Waals surface area contributed by atoms with Crippen molar-refractivity contribution in [1.29, 1.82) is 0 Å². The van der Waals surface area contributed by atoms with E-state index < -0.39 is 0 Å². The second-order valence-electron chi connectivity index (χ2n) is 5.66. The fourth-order valence-electron chi connectivity index (χ4n) is 2.41. The third-order valence-corrected chi connectivity index (χ3v) is 3.71. The first-order valence-corrected chi connectivity index (χ1v) is 8.27. The van der Waals surface area contributed by atoms with Crippen LogP contribution in [-0.2, 0) is 0 Å². The Morgan fingerprint density at radius 2 is 1.11 bits per heavy atom. The summed E-state index contributed by atoms with van der Waals surface area (Å²) in [6, 6.07) is 0.457. The van der Waals surface area contributed by atoms with Crippen LogP contribution in [0.15, 0.2) is 0 Å². The third-order valence-electron chi connectivity index (χ3n) is 3.71. The average Bonchev–Trinajstić information content (AvgIpc) is 2.38. The normalized spacial score (nSPS) is 12.8. The summed E-state index contributed by atoms with van der Waals surface area (Å²) in [7, 11) is 0. The van der Waals surface area contributed by atoms with Crippen LogP contribution >= 0.6 is 0 Å². The molecular weight excluding hydrogens is 220 g/mol. The first-order chi connectivity index (χ1) is 8.81. The van der Waals surface area contributed by atoms with Crippen LogP contribution in [0.25, 0.3) is 0 Å². The van der Waals surface area contributed by atoms with E-state index in [2.05, 4.69) is 6.92 Å². The molecule has 0 heterocycles. The maximum Gasteiger partial charge on any atom is 0.00388 e. The van der Waals surface area contributed by atoms with Gasteiger partial charge in [-0.05, 0) is 25.8 Å². The molecular formula is C16H36N2. The molecule has 0 aliphatic heterocycles. The van der Waals surface area contributed by atoms with Gasteiger partial charge in [-0.1, -0.05) is 71.1 Å². The molecule has 0 aromatic heterocycles. The molecule has 0 rings (SSSR count). The molecule has 0 aliphatic rings. The highest BCUT2D eigenvalue weighted by Gasteiger charge is 2.01. The lowest BCUT2D eigenvalue weighted by molar-refractivity contribution is 0.486. The summed E-state index contributed by atoms with van der Waals surface area (Å²) >= 11 is 0. The van der Waals surface area contributed by atoms with Crippen LogP contribution in [0.3, 0.4) is 0 Å². The van der Waals surface area contributed by atoms with Gasteiger partial charge < -0.3 is 11.5 Å². The maximum atomic E-state index is 6.12. The molecule has 0 amide bonds. The van der Waals surface area contributed by atoms with Gasteiger partial charge in [0.1, 0.15) is 0 Å². The zero-order valence-electron chi connectivity index (χ0n) is 12.6. The molecule has 0 saturated heterocycles. The van der Waals surface area contributed by atoms with E-state index in [4.69, 9.17) is 11.5 Å². The summed E-state index contributed by atoms with van der Waals surface area (Å²) in [5.74, 6) is 0. The van der Waals surface area contributed by atoms with E-state index in [0.29, 0.717) is 6.04 Å². The summed E-state index contributed by atoms with van der Waals surface area (Å²) in [5.41, 5.74) is 11.6. The zero-order valence-corrected chi connectivity index (χ0v) is 12.6. The molecule has 2 heteroatoms. The molecule has 0 fully saturated rings. The minimum absolute atomic E-state index is 0.457. The van der Waals surface area contributed by atoms with Gasteiger partial charge in [-0.15, -0.1) is 0 Å². The molecule has 110 valence electrons. The Kier molecular flexibility index (Phi) is 14.9. The van der Waals surface area contributed by atoms with Gasteiger partial charge in [0.25, 0.3) is 0 Å². The monoisotopic (exact) mass is 256 g/mol. The van der Waals surface area contributed by atoms with Gasteiger partial charge in [-0.2, -0.15) is 0 Å². The number of rotatable bonds is 14. The Morgan fingerprint density at radius 3 is 1.61 bits per heavy atom. The van der Waals surface area contributed by atoms with Crippen LogP contribution in [0.5, 0.6) is 0 Å². The minimum Gasteiger partial charge on any atom is -0.330 e. The SMILES string of the molecule is CCCCCCC(N)CCCCCCCCCN. The maximum absolute atomic E-state index is 6.12. The van der Waals surface area contributed by atoms with Gasteiger partial charge in [0.2, 0.25) is 0 Å². The summed E-state index contributed by atoms with van der Waals surface area (Å²) in [6.07, 6.45) is 17.2. The Hall–Kier alpha value is -0.0800. The molecule has 0 bridgehead atoms. The second-order valence-corrected chi connectivity index (χ2v) is 5.66. The van der Waals surface area contributed by atoms with Crippen LogP contribution in [0.1, 0.15) is 90.4 Å². The molecule has 0 saturated carbocycles. The van der Waals surface area contributed by atoms with Crippen molar-refractivity contribution < 1.29 is 0 Å². The lowest BCUT2D eigenvalue weighted by Crippen LogP contribution is -2.19. The quantitative estimate of drug-likeness (QED) is 0.454. The predicted molar refractivity (Wildman–Crippen MR) is 82.7 cm³/mol. The van der Waals surface area contributed by atoms with Crippen molar-refractivity contribution in [2.45, 2.75) is 96.4 Å². The smallest absolute Gasteiger partial charge is 0.00388 e. The fourth-order valence-corrected chi connectivity index (χ4v) is 2.41. The van der Waals surface area contributed by atoms with Crippen molar-refractivity contribution >= 4 is 0 Å². The molecule has 0 aromatic carbocycles. The summed E-state index contributed by atoms with van der Waals surface area (Å²) in [4.78, 5) is 0. The van der Waals surface area contributed by atoms with E-state index in [-0.39, 0.29) is 0 Å². The van der Waals surface area contributed by atoms with Crippen LogP contribution in [0.4, 0.5) is 0 Å². The lowest BCUT2D eigenvalue weighted by Gasteiger charge is -2.11. The fraction of sp³-hybridized carbons (Fsp3) is 1.00. The van der Waals surface area contributed by atoms with E-state index in [1.54, 1.807) is 0 Å². The van der Waals surface area contributed by atoms with E-state index in [9.17, 15) is 0 Å². The van der Waals surface area contributed by atoms with Gasteiger partial charge in [-0.25, -0.2) is 0 Å². The zero-order chi connectivity index (χ0) is 13.5. The molecule has 1 unspecified atom stereocenters. The van der Waals surface area contributed by atoms with Gasteiger partial charge in [-0.3, -0.25) is 0 Å². The average molecular weight is 256 g/mol. The Labute approximate surface area is 115 Å². The van der Waals surface area contributed by atoms with E-state index in [1.807, 2.05) is 0 Å². The van der Waals surface area contributed by atoms with Crippen LogP contribution in [-0.4, -0.2) is 12.6 Å². The van der Waals surface area contributed by atoms with E-state index in [1.165, 1.54) is 83.5 Å². The van der Waals surface area contributed by atoms with Crippen molar-refractivity contribution in [2.24, 2.45) is 11.5 Å². The van der Waals surface area contributed by atoms with Crippen molar-refractivity contribution in [1.82, 2.24) is 0 Å². The molecule has 0 spiro atoms. The number of nitrogens with two attached hydrogens (primary N) is 2. The predicted octanol–water partition coefficient (Wildman–Crippen LogP) is 4.36. The Balaban J connectivity index is 3.08. The number of hydrogen-bond donors (Lipinski definition) is 2. The van der Waals surface area contributed by atoms with Crippen LogP contribution < -0.4 is 11.5 Å². The number of hydrogen-bond acceptors (Lipinski definition) is 2. The molecule has 0 radical (unpaired) electrons. The minimum atomic E-state index is 0.457. The van der Waals surface area contributed by atoms with Crippen molar-refractivity contribution in [3.05, 3.63) is 0 Å². The molecule has 4 N–H and O–H groups in total. The standard InChI is InChI=1S/C16H36N2/c1-2-3-4-10-13-16(18)14-11-8-6-5-7-9-12-15-17/h16H,2-15,17-18H2,1H3. The highest BCUT2D eigenvalue weighted by molar-refractivity contribution is 4.61. The summed E-state index contributed by atoms with van der Waals surface area (Å²) in [5, 5.41) is 0. The number of unbranched alkanes of at least 4 members (excludes halogenated alkanes) is 9. The van der Waals surface area contributed by atoms with Crippen LogP contribution in [0, 0.1) is 0 Å². The van der Waals surface area contributed by atoms with Gasteiger partial charge in [0.05, 0.1) is 0 Å². The molecule has 18 heavy (non-hydrogen) atoms. The molecule has 0 aromatic rings. The van der Waals surface area contributed by atoms with Gasteiger partial charge in [0, 0.05) is 6.04 Å². The molecule has 2 nitrogen and oxygen atoms in total. The first kappa shape index (κ1) is 17.9. The van der Waals surface area contributed by atoms with Gasteiger partial charge in [0.15, 0.2) is 0 Å². The van der Waals surface area contributed by atoms with Crippen molar-refractivity contribution in [3.63, 3.8) is 0 Å². The van der Waals surface area contributed by atoms with Crippen LogP contribution in [0.2, 0.25) is 0 Å². The van der Waals surface area contributed by atoms with Crippen molar-refractivity contribution in [3.8, 4) is 0 Å². The highest BCUT2D eigenvalue weighted by Crippen LogP contribution is 2.12. The highest BCUT2D eigenvalue weighted by atomic mass is 14.6. The summed E-state index contributed by atoms with van der Waals surface area (Å²) in [6.45, 7) is 3.11.